The zero-order valence-electron chi connectivity index (χ0n) is 7.79. The van der Waals surface area contributed by atoms with Gasteiger partial charge in [-0.3, -0.25) is 10.1 Å². The van der Waals surface area contributed by atoms with Crippen LogP contribution in [0.4, 0.5) is 0 Å². The number of aliphatic hydroxyl groups excluding tert-OH is 4. The van der Waals surface area contributed by atoms with Gasteiger partial charge in [-0.15, -0.1) is 0 Å². The number of nitrogens with zero attached hydrogens (tertiary/aromatic N) is 1. The summed E-state index contributed by atoms with van der Waals surface area (Å²) in [4.78, 5) is 19.0. The first-order valence-electron chi connectivity index (χ1n) is 3.94. The van der Waals surface area contributed by atoms with Crippen LogP contribution >= 0.6 is 0 Å². The molecule has 0 saturated carbocycles. The van der Waals surface area contributed by atoms with Gasteiger partial charge in [-0.25, -0.2) is 4.79 Å². The number of carboxylic acid groups (broad SMARTS) is 1. The largest absolute Gasteiger partial charge is 0.474 e. The molecule has 0 rings (SSSR count). The topological polar surface area (TPSA) is 182 Å². The van der Waals surface area contributed by atoms with Crippen molar-refractivity contribution in [1.82, 2.24) is 0 Å². The summed E-state index contributed by atoms with van der Waals surface area (Å²) >= 11 is 0. The van der Waals surface area contributed by atoms with E-state index in [9.17, 15) is 14.9 Å². The van der Waals surface area contributed by atoms with Crippen LogP contribution in [0.2, 0.25) is 0 Å². The predicted molar refractivity (Wildman–Crippen MR) is 44.7 cm³/mol. The summed E-state index contributed by atoms with van der Waals surface area (Å²) in [7, 11) is 0. The summed E-state index contributed by atoms with van der Waals surface area (Å²) in [6.45, 7) is -1.08. The Morgan fingerprint density at radius 2 is 1.81 bits per heavy atom. The molecule has 0 aromatic rings. The molecule has 0 unspecified atom stereocenters. The van der Waals surface area contributed by atoms with Crippen LogP contribution in [0.25, 0.3) is 0 Å². The minimum Gasteiger partial charge on any atom is -0.474 e. The SMILES string of the molecule is O=C(O)[C@](O)([C@@H](O)[C@H](O)[C@H](O)CO)[N+](=O)[O-]. The van der Waals surface area contributed by atoms with Gasteiger partial charge in [0, 0.05) is 0 Å². The number of aliphatic carboxylic acids is 1. The molecule has 10 heteroatoms. The third-order valence-corrected chi connectivity index (χ3v) is 1.91. The van der Waals surface area contributed by atoms with Crippen LogP contribution in [-0.2, 0) is 4.79 Å². The van der Waals surface area contributed by atoms with E-state index in [0.717, 1.165) is 0 Å². The maximum absolute atomic E-state index is 10.4. The third-order valence-electron chi connectivity index (χ3n) is 1.91. The standard InChI is InChI=1S/C6H11NO9/c8-1-2(9)3(10)4(11)6(14,5(12)13)7(15)16/h2-4,8-11,14H,1H2,(H,12,13)/t2-,3-,4+,6-/m1/s1. The van der Waals surface area contributed by atoms with Crippen LogP contribution in [-0.4, -0.2) is 72.2 Å². The van der Waals surface area contributed by atoms with E-state index in [2.05, 4.69) is 0 Å². The monoisotopic (exact) mass is 241 g/mol. The van der Waals surface area contributed by atoms with Crippen LogP contribution in [0, 0.1) is 10.1 Å². The Kier molecular flexibility index (Phi) is 4.71. The molecular weight excluding hydrogens is 230 g/mol. The van der Waals surface area contributed by atoms with Crippen molar-refractivity contribution in [3.05, 3.63) is 10.1 Å². The Balaban J connectivity index is 5.11. The van der Waals surface area contributed by atoms with E-state index in [0.29, 0.717) is 0 Å². The average molecular weight is 241 g/mol. The quantitative estimate of drug-likeness (QED) is 0.154. The Hall–Kier alpha value is -1.33. The molecule has 4 atom stereocenters. The number of carbonyl (C=O) groups is 1. The maximum atomic E-state index is 10.4. The normalized spacial score (nSPS) is 20.6. The smallest absolute Gasteiger partial charge is 0.448 e. The molecule has 0 heterocycles. The van der Waals surface area contributed by atoms with Gasteiger partial charge in [0.05, 0.1) is 11.5 Å². The molecule has 16 heavy (non-hydrogen) atoms. The molecule has 0 spiro atoms. The number of rotatable bonds is 6. The summed E-state index contributed by atoms with van der Waals surface area (Å²) in [6, 6.07) is 0. The molecule has 0 aromatic heterocycles. The van der Waals surface area contributed by atoms with E-state index in [4.69, 9.17) is 30.6 Å². The molecule has 10 nitrogen and oxygen atoms in total. The molecule has 6 N–H and O–H groups in total. The zero-order valence-corrected chi connectivity index (χ0v) is 7.79. The number of carboxylic acids is 1. The van der Waals surface area contributed by atoms with Gasteiger partial charge in [0.1, 0.15) is 12.2 Å². The van der Waals surface area contributed by atoms with Crippen molar-refractivity contribution in [2.75, 3.05) is 6.61 Å². The fourth-order valence-electron chi connectivity index (χ4n) is 0.869. The molecular formula is C6H11NO9. The van der Waals surface area contributed by atoms with Gasteiger partial charge in [0.2, 0.25) is 0 Å². The highest BCUT2D eigenvalue weighted by Gasteiger charge is 2.60. The lowest BCUT2D eigenvalue weighted by atomic mass is 9.98. The Morgan fingerprint density at radius 1 is 1.38 bits per heavy atom. The minimum atomic E-state index is -3.87. The molecule has 0 fully saturated rings. The summed E-state index contributed by atoms with van der Waals surface area (Å²) < 4.78 is 0. The van der Waals surface area contributed by atoms with Crippen molar-refractivity contribution in [2.24, 2.45) is 0 Å². The van der Waals surface area contributed by atoms with E-state index < -0.39 is 41.5 Å². The maximum Gasteiger partial charge on any atom is 0.448 e. The highest BCUT2D eigenvalue weighted by atomic mass is 16.7. The molecule has 0 aliphatic heterocycles. The second-order valence-electron chi connectivity index (χ2n) is 2.97. The fraction of sp³-hybridized carbons (Fsp3) is 0.833. The summed E-state index contributed by atoms with van der Waals surface area (Å²) in [5, 5.41) is 63.0. The van der Waals surface area contributed by atoms with E-state index in [1.54, 1.807) is 0 Å². The number of hydrogen-bond acceptors (Lipinski definition) is 8. The van der Waals surface area contributed by atoms with Crippen molar-refractivity contribution in [2.45, 2.75) is 24.0 Å². The predicted octanol–water partition coefficient (Wildman–Crippen LogP) is -3.89. The van der Waals surface area contributed by atoms with Crippen LogP contribution in [0.15, 0.2) is 0 Å². The second-order valence-corrected chi connectivity index (χ2v) is 2.97. The summed E-state index contributed by atoms with van der Waals surface area (Å²) in [6.07, 6.45) is -7.22. The lowest BCUT2D eigenvalue weighted by molar-refractivity contribution is -0.622. The Labute approximate surface area is 88.1 Å². The second kappa shape index (κ2) is 5.14. The van der Waals surface area contributed by atoms with Gasteiger partial charge in [-0.1, -0.05) is 0 Å². The van der Waals surface area contributed by atoms with E-state index >= 15 is 0 Å². The van der Waals surface area contributed by atoms with Crippen molar-refractivity contribution in [3.63, 3.8) is 0 Å². The van der Waals surface area contributed by atoms with E-state index in [-0.39, 0.29) is 0 Å². The van der Waals surface area contributed by atoms with Crippen molar-refractivity contribution < 1.29 is 40.4 Å². The molecule has 0 aromatic carbocycles. The highest BCUT2D eigenvalue weighted by Crippen LogP contribution is 2.17. The minimum absolute atomic E-state index is 1.08. The lowest BCUT2D eigenvalue weighted by Crippen LogP contribution is -2.62. The van der Waals surface area contributed by atoms with Crippen LogP contribution in [0.3, 0.4) is 0 Å². The van der Waals surface area contributed by atoms with Crippen LogP contribution < -0.4 is 0 Å². The van der Waals surface area contributed by atoms with Crippen molar-refractivity contribution in [1.29, 1.82) is 0 Å². The molecule has 94 valence electrons. The lowest BCUT2D eigenvalue weighted by Gasteiger charge is -2.26. The van der Waals surface area contributed by atoms with Gasteiger partial charge in [0.15, 0.2) is 6.10 Å². The molecule has 0 bridgehead atoms. The number of nitro groups is 1. The molecule has 0 aliphatic rings. The Bertz CT molecular complexity index is 265. The average Bonchev–Trinajstić information content (AvgIpc) is 2.23. The van der Waals surface area contributed by atoms with E-state index in [1.165, 1.54) is 0 Å². The van der Waals surface area contributed by atoms with Crippen molar-refractivity contribution >= 4 is 5.97 Å². The first-order chi connectivity index (χ1) is 7.19. The molecule has 0 amide bonds. The van der Waals surface area contributed by atoms with Gasteiger partial charge in [0.25, 0.3) is 0 Å². The number of hydrogen-bond donors (Lipinski definition) is 6. The van der Waals surface area contributed by atoms with Crippen LogP contribution in [0.1, 0.15) is 0 Å². The molecule has 0 radical (unpaired) electrons. The van der Waals surface area contributed by atoms with Crippen molar-refractivity contribution in [3.8, 4) is 0 Å². The van der Waals surface area contributed by atoms with Crippen LogP contribution in [0.5, 0.6) is 0 Å². The summed E-state index contributed by atoms with van der Waals surface area (Å²) in [5.41, 5.74) is -3.87. The molecule has 0 saturated heterocycles. The number of aliphatic hydroxyl groups is 5. The first-order valence-corrected chi connectivity index (χ1v) is 3.94. The van der Waals surface area contributed by atoms with Gasteiger partial charge >= 0.3 is 11.7 Å². The van der Waals surface area contributed by atoms with Gasteiger partial charge < -0.3 is 30.6 Å². The first kappa shape index (κ1) is 14.7. The zero-order chi connectivity index (χ0) is 13.1. The van der Waals surface area contributed by atoms with Gasteiger partial charge in [-0.2, -0.15) is 0 Å². The fourth-order valence-corrected chi connectivity index (χ4v) is 0.869. The van der Waals surface area contributed by atoms with E-state index in [1.807, 2.05) is 0 Å². The highest BCUT2D eigenvalue weighted by molar-refractivity contribution is 5.75. The third kappa shape index (κ3) is 2.43. The summed E-state index contributed by atoms with van der Waals surface area (Å²) in [5.74, 6) is -2.41. The van der Waals surface area contributed by atoms with Gasteiger partial charge in [-0.05, 0) is 0 Å². The Morgan fingerprint density at radius 3 is 2.06 bits per heavy atom. The molecule has 0 aliphatic carbocycles.